The zero-order valence-corrected chi connectivity index (χ0v) is 9.70. The van der Waals surface area contributed by atoms with Crippen LogP contribution in [0.1, 0.15) is 19.8 Å². The zero-order valence-electron chi connectivity index (χ0n) is 8.89. The second-order valence-corrected chi connectivity index (χ2v) is 6.17. The molecule has 0 aromatic rings. The highest BCUT2D eigenvalue weighted by molar-refractivity contribution is 7.89. The van der Waals surface area contributed by atoms with Crippen LogP contribution in [0.15, 0.2) is 0 Å². The number of hydrogen-bond donors (Lipinski definition) is 1. The molecule has 1 aliphatic heterocycles. The molecule has 2 unspecified atom stereocenters. The molecule has 0 spiro atoms. The molecule has 1 rings (SSSR count). The highest BCUT2D eigenvalue weighted by Gasteiger charge is 2.32. The van der Waals surface area contributed by atoms with Gasteiger partial charge in [0.1, 0.15) is 0 Å². The van der Waals surface area contributed by atoms with E-state index in [9.17, 15) is 8.42 Å². The zero-order chi connectivity index (χ0) is 11.5. The Morgan fingerprint density at radius 3 is 2.87 bits per heavy atom. The molecule has 5 nitrogen and oxygen atoms in total. The predicted octanol–water partition coefficient (Wildman–Crippen LogP) is -0.101. The standard InChI is InChI=1S/C9H17N3O2S/c1-8(5-10)15(13,14)12-4-2-3-9(6-11)7-12/h8-9H,2-4,6-7,11H2,1H3. The fourth-order valence-electron chi connectivity index (χ4n) is 1.74. The second kappa shape index (κ2) is 4.92. The minimum absolute atomic E-state index is 0.236. The highest BCUT2D eigenvalue weighted by Crippen LogP contribution is 2.20. The van der Waals surface area contributed by atoms with Gasteiger partial charge in [0.05, 0.1) is 6.07 Å². The van der Waals surface area contributed by atoms with Crippen molar-refractivity contribution in [3.8, 4) is 6.07 Å². The molecule has 0 aromatic heterocycles. The molecule has 0 aromatic carbocycles. The third kappa shape index (κ3) is 2.68. The Morgan fingerprint density at radius 1 is 1.67 bits per heavy atom. The van der Waals surface area contributed by atoms with Gasteiger partial charge in [-0.2, -0.15) is 5.26 Å². The lowest BCUT2D eigenvalue weighted by molar-refractivity contribution is 0.270. The number of nitrogens with zero attached hydrogens (tertiary/aromatic N) is 2. The quantitative estimate of drug-likeness (QED) is 0.734. The van der Waals surface area contributed by atoms with Crippen molar-refractivity contribution in [3.05, 3.63) is 0 Å². The van der Waals surface area contributed by atoms with Crippen LogP contribution in [0.3, 0.4) is 0 Å². The maximum absolute atomic E-state index is 11.8. The van der Waals surface area contributed by atoms with Crippen LogP contribution in [0.25, 0.3) is 0 Å². The van der Waals surface area contributed by atoms with Gasteiger partial charge in [0.2, 0.25) is 10.0 Å². The molecule has 6 heteroatoms. The molecule has 1 saturated heterocycles. The van der Waals surface area contributed by atoms with Crippen molar-refractivity contribution in [1.29, 1.82) is 5.26 Å². The van der Waals surface area contributed by atoms with Crippen LogP contribution in [0.5, 0.6) is 0 Å². The third-order valence-electron chi connectivity index (χ3n) is 2.80. The highest BCUT2D eigenvalue weighted by atomic mass is 32.2. The Hall–Kier alpha value is -0.640. The fraction of sp³-hybridized carbons (Fsp3) is 0.889. The number of piperidine rings is 1. The van der Waals surface area contributed by atoms with Gasteiger partial charge in [-0.25, -0.2) is 12.7 Å². The molecule has 1 aliphatic rings. The van der Waals surface area contributed by atoms with E-state index in [2.05, 4.69) is 0 Å². The van der Waals surface area contributed by atoms with E-state index in [4.69, 9.17) is 11.0 Å². The lowest BCUT2D eigenvalue weighted by Crippen LogP contribution is -2.45. The largest absolute Gasteiger partial charge is 0.330 e. The summed E-state index contributed by atoms with van der Waals surface area (Å²) in [6, 6.07) is 1.77. The SMILES string of the molecule is CC(C#N)S(=O)(=O)N1CCCC(CN)C1. The monoisotopic (exact) mass is 231 g/mol. The maximum Gasteiger partial charge on any atom is 0.230 e. The molecule has 2 N–H and O–H groups in total. The minimum atomic E-state index is -3.44. The lowest BCUT2D eigenvalue weighted by atomic mass is 10.0. The average molecular weight is 231 g/mol. The van der Waals surface area contributed by atoms with Crippen LogP contribution in [0, 0.1) is 17.2 Å². The van der Waals surface area contributed by atoms with E-state index in [1.807, 2.05) is 0 Å². The van der Waals surface area contributed by atoms with Gasteiger partial charge in [0.25, 0.3) is 0 Å². The summed E-state index contributed by atoms with van der Waals surface area (Å²) in [4.78, 5) is 0. The lowest BCUT2D eigenvalue weighted by Gasteiger charge is -2.31. The molecule has 0 radical (unpaired) electrons. The van der Waals surface area contributed by atoms with E-state index >= 15 is 0 Å². The van der Waals surface area contributed by atoms with Crippen molar-refractivity contribution < 1.29 is 8.42 Å². The van der Waals surface area contributed by atoms with Crippen molar-refractivity contribution in [3.63, 3.8) is 0 Å². The van der Waals surface area contributed by atoms with Crippen molar-refractivity contribution in [1.82, 2.24) is 4.31 Å². The number of nitrogens with two attached hydrogens (primary N) is 1. The average Bonchev–Trinajstić information content (AvgIpc) is 2.27. The molecule has 0 aliphatic carbocycles. The van der Waals surface area contributed by atoms with Gasteiger partial charge in [-0.3, -0.25) is 0 Å². The summed E-state index contributed by atoms with van der Waals surface area (Å²) in [6.07, 6.45) is 1.81. The smallest absolute Gasteiger partial charge is 0.230 e. The van der Waals surface area contributed by atoms with Crippen molar-refractivity contribution in [2.75, 3.05) is 19.6 Å². The van der Waals surface area contributed by atoms with Crippen LogP contribution < -0.4 is 5.73 Å². The number of rotatable bonds is 3. The van der Waals surface area contributed by atoms with Crippen LogP contribution in [0.2, 0.25) is 0 Å². The summed E-state index contributed by atoms with van der Waals surface area (Å²) in [5.74, 6) is 0.236. The van der Waals surface area contributed by atoms with E-state index in [-0.39, 0.29) is 5.92 Å². The summed E-state index contributed by atoms with van der Waals surface area (Å²) >= 11 is 0. The Balaban J connectivity index is 2.76. The summed E-state index contributed by atoms with van der Waals surface area (Å²) in [7, 11) is -3.44. The first-order chi connectivity index (χ1) is 7.02. The Labute approximate surface area is 90.9 Å². The van der Waals surface area contributed by atoms with Crippen LogP contribution >= 0.6 is 0 Å². The van der Waals surface area contributed by atoms with Crippen LogP contribution in [-0.4, -0.2) is 37.6 Å². The van der Waals surface area contributed by atoms with Gasteiger partial charge < -0.3 is 5.73 Å². The molecule has 0 amide bonds. The Kier molecular flexibility index (Phi) is 4.08. The normalized spacial score (nSPS) is 25.8. The van der Waals surface area contributed by atoms with Gasteiger partial charge in [-0.1, -0.05) is 0 Å². The molecule has 1 heterocycles. The van der Waals surface area contributed by atoms with E-state index in [1.165, 1.54) is 11.2 Å². The van der Waals surface area contributed by atoms with E-state index in [0.29, 0.717) is 19.6 Å². The van der Waals surface area contributed by atoms with Crippen LogP contribution in [0.4, 0.5) is 0 Å². The van der Waals surface area contributed by atoms with Crippen molar-refractivity contribution in [2.45, 2.75) is 25.0 Å². The molecule has 2 atom stereocenters. The van der Waals surface area contributed by atoms with Gasteiger partial charge in [-0.15, -0.1) is 0 Å². The third-order valence-corrected chi connectivity index (χ3v) is 4.85. The Bertz CT molecular complexity index is 347. The van der Waals surface area contributed by atoms with Gasteiger partial charge in [-0.05, 0) is 32.2 Å². The number of hydrogen-bond acceptors (Lipinski definition) is 4. The first kappa shape index (κ1) is 12.4. The number of nitriles is 1. The van der Waals surface area contributed by atoms with Crippen molar-refractivity contribution in [2.24, 2.45) is 11.7 Å². The van der Waals surface area contributed by atoms with E-state index in [1.54, 1.807) is 6.07 Å². The first-order valence-electron chi connectivity index (χ1n) is 5.11. The van der Waals surface area contributed by atoms with Crippen LogP contribution in [-0.2, 0) is 10.0 Å². The molecule has 86 valence electrons. The second-order valence-electron chi connectivity index (χ2n) is 3.92. The molecular formula is C9H17N3O2S. The minimum Gasteiger partial charge on any atom is -0.330 e. The van der Waals surface area contributed by atoms with E-state index < -0.39 is 15.3 Å². The number of sulfonamides is 1. The van der Waals surface area contributed by atoms with Gasteiger partial charge in [0.15, 0.2) is 5.25 Å². The van der Waals surface area contributed by atoms with Gasteiger partial charge in [0, 0.05) is 13.1 Å². The first-order valence-corrected chi connectivity index (χ1v) is 6.61. The Morgan fingerprint density at radius 2 is 2.33 bits per heavy atom. The molecule has 0 bridgehead atoms. The molecule has 15 heavy (non-hydrogen) atoms. The summed E-state index contributed by atoms with van der Waals surface area (Å²) in [5.41, 5.74) is 5.53. The fourth-order valence-corrected chi connectivity index (χ4v) is 3.12. The summed E-state index contributed by atoms with van der Waals surface area (Å²) in [6.45, 7) is 2.91. The van der Waals surface area contributed by atoms with E-state index in [0.717, 1.165) is 12.8 Å². The molecule has 0 saturated carbocycles. The molecular weight excluding hydrogens is 214 g/mol. The molecule has 1 fully saturated rings. The topological polar surface area (TPSA) is 87.2 Å². The predicted molar refractivity (Wildman–Crippen MR) is 57.3 cm³/mol. The summed E-state index contributed by atoms with van der Waals surface area (Å²) in [5, 5.41) is 7.68. The van der Waals surface area contributed by atoms with Crippen molar-refractivity contribution >= 4 is 10.0 Å². The summed E-state index contributed by atoms with van der Waals surface area (Å²) < 4.78 is 25.1. The van der Waals surface area contributed by atoms with Gasteiger partial charge >= 0.3 is 0 Å². The maximum atomic E-state index is 11.8.